The first-order valence-corrected chi connectivity index (χ1v) is 15.5. The summed E-state index contributed by atoms with van der Waals surface area (Å²) in [5.41, 5.74) is 0.146. The van der Waals surface area contributed by atoms with E-state index in [0.717, 1.165) is 14.4 Å². The van der Waals surface area contributed by atoms with Crippen LogP contribution in [-0.2, 0) is 11.3 Å². The summed E-state index contributed by atoms with van der Waals surface area (Å²) < 4.78 is 68.4. The molecule has 0 saturated carbocycles. The SMILES string of the molecule is CCNC(=O)c1ccc(N(CC#Cc2cc3c(N[C@@H]4CCN(C(=O)O)C[C@@H]4F)cccc3n2CC(F)(F)F)C(=O)OC(C)(C)C)c(OC)c1. The van der Waals surface area contributed by atoms with Crippen molar-refractivity contribution in [2.75, 3.05) is 43.5 Å². The minimum Gasteiger partial charge on any atom is -0.495 e. The second-order valence-electron chi connectivity index (χ2n) is 12.4. The molecule has 0 unspecified atom stereocenters. The molecule has 1 saturated heterocycles. The van der Waals surface area contributed by atoms with Gasteiger partial charge in [-0.05, 0) is 76.4 Å². The fourth-order valence-corrected chi connectivity index (χ4v) is 5.38. The minimum absolute atomic E-state index is 0.0123. The average Bonchev–Trinajstić information content (AvgIpc) is 3.35. The molecular weight excluding hydrogens is 650 g/mol. The number of nitrogens with one attached hydrogen (secondary N) is 2. The molecule has 1 aromatic heterocycles. The Morgan fingerprint density at radius 2 is 1.86 bits per heavy atom. The highest BCUT2D eigenvalue weighted by molar-refractivity contribution is 5.97. The maximum atomic E-state index is 14.9. The van der Waals surface area contributed by atoms with E-state index >= 15 is 0 Å². The molecule has 1 aliphatic heterocycles. The van der Waals surface area contributed by atoms with E-state index < -0.39 is 42.7 Å². The van der Waals surface area contributed by atoms with Crippen LogP contribution in [0.15, 0.2) is 42.5 Å². The summed E-state index contributed by atoms with van der Waals surface area (Å²) in [7, 11) is 1.36. The van der Waals surface area contributed by atoms with Crippen LogP contribution in [0.2, 0.25) is 0 Å². The molecule has 0 spiro atoms. The molecule has 2 aromatic carbocycles. The Hall–Kier alpha value is -5.13. The molecule has 0 radical (unpaired) electrons. The van der Waals surface area contributed by atoms with Crippen molar-refractivity contribution in [3.05, 3.63) is 53.7 Å². The molecule has 3 N–H and O–H groups in total. The van der Waals surface area contributed by atoms with Crippen LogP contribution in [0.1, 0.15) is 50.2 Å². The third-order valence-electron chi connectivity index (χ3n) is 7.57. The second kappa shape index (κ2) is 15.0. The first-order valence-electron chi connectivity index (χ1n) is 15.5. The Kier molecular flexibility index (Phi) is 11.2. The number of aromatic nitrogens is 1. The lowest BCUT2D eigenvalue weighted by atomic mass is 10.0. The van der Waals surface area contributed by atoms with Crippen LogP contribution < -0.4 is 20.3 Å². The third-order valence-corrected chi connectivity index (χ3v) is 7.57. The largest absolute Gasteiger partial charge is 0.495 e. The summed E-state index contributed by atoms with van der Waals surface area (Å²) in [4.78, 5) is 39.2. The van der Waals surface area contributed by atoms with Gasteiger partial charge in [0, 0.05) is 29.7 Å². The van der Waals surface area contributed by atoms with Gasteiger partial charge in [-0.2, -0.15) is 13.2 Å². The number of piperidine rings is 1. The standard InChI is InChI=1S/C34H39F4N5O6/c1-6-39-30(44)21-12-13-28(29(17-21)48-5)42(32(47)49-33(2,3)4)15-8-9-22-18-23-25(10-7-11-27(23)43(22)20-34(36,37)38)40-26-14-16-41(31(45)46)19-24(26)35/h7,10-13,17-18,24,26,40H,6,14-16,19-20H2,1-5H3,(H,39,44)(H,45,46)/t24-,26+/m0/s1. The fourth-order valence-electron chi connectivity index (χ4n) is 5.38. The van der Waals surface area contributed by atoms with Gasteiger partial charge >= 0.3 is 18.4 Å². The maximum Gasteiger partial charge on any atom is 0.415 e. The molecule has 0 aliphatic carbocycles. The summed E-state index contributed by atoms with van der Waals surface area (Å²) in [6.07, 6.45) is -8.02. The molecule has 264 valence electrons. The number of carbonyl (C=O) groups is 3. The van der Waals surface area contributed by atoms with Crippen molar-refractivity contribution in [1.29, 1.82) is 0 Å². The van der Waals surface area contributed by atoms with Crippen LogP contribution in [0.4, 0.5) is 38.5 Å². The Bertz CT molecular complexity index is 1760. The van der Waals surface area contributed by atoms with E-state index in [9.17, 15) is 37.1 Å². The summed E-state index contributed by atoms with van der Waals surface area (Å²) >= 11 is 0. The Morgan fingerprint density at radius 1 is 1.12 bits per heavy atom. The number of nitrogens with zero attached hydrogens (tertiary/aromatic N) is 3. The van der Waals surface area contributed by atoms with Gasteiger partial charge in [0.05, 0.1) is 43.1 Å². The molecule has 3 amide bonds. The monoisotopic (exact) mass is 689 g/mol. The van der Waals surface area contributed by atoms with Crippen molar-refractivity contribution < 1.29 is 46.5 Å². The molecule has 2 atom stereocenters. The van der Waals surface area contributed by atoms with Crippen molar-refractivity contribution >= 4 is 40.4 Å². The quantitative estimate of drug-likeness (QED) is 0.189. The normalized spacial score (nSPS) is 16.4. The predicted molar refractivity (Wildman–Crippen MR) is 176 cm³/mol. The molecule has 2 heterocycles. The fraction of sp³-hybridized carbons (Fsp3) is 0.441. The minimum atomic E-state index is -4.61. The summed E-state index contributed by atoms with van der Waals surface area (Å²) in [6.45, 7) is 5.26. The first kappa shape index (κ1) is 36.7. The van der Waals surface area contributed by atoms with Crippen LogP contribution in [-0.4, -0.2) is 89.9 Å². The Labute approximate surface area is 281 Å². The summed E-state index contributed by atoms with van der Waals surface area (Å²) in [6, 6.07) is 9.77. The van der Waals surface area contributed by atoms with Gasteiger partial charge in [0.2, 0.25) is 0 Å². The number of fused-ring (bicyclic) bond motifs is 1. The topological polar surface area (TPSA) is 125 Å². The zero-order valence-electron chi connectivity index (χ0n) is 27.8. The predicted octanol–water partition coefficient (Wildman–Crippen LogP) is 6.26. The Morgan fingerprint density at radius 3 is 2.47 bits per heavy atom. The van der Waals surface area contributed by atoms with Crippen molar-refractivity contribution in [3.63, 3.8) is 0 Å². The number of benzene rings is 2. The zero-order chi connectivity index (χ0) is 36.1. The van der Waals surface area contributed by atoms with Gasteiger partial charge < -0.3 is 34.7 Å². The van der Waals surface area contributed by atoms with Gasteiger partial charge in [0.15, 0.2) is 0 Å². The average molecular weight is 690 g/mol. The molecule has 1 fully saturated rings. The smallest absolute Gasteiger partial charge is 0.415 e. The van der Waals surface area contributed by atoms with Gasteiger partial charge in [-0.25, -0.2) is 14.0 Å². The van der Waals surface area contributed by atoms with Crippen LogP contribution in [0.25, 0.3) is 10.9 Å². The van der Waals surface area contributed by atoms with Crippen LogP contribution in [0, 0.1) is 11.8 Å². The van der Waals surface area contributed by atoms with E-state index in [0.29, 0.717) is 17.6 Å². The number of carbonyl (C=O) groups excluding carboxylic acids is 2. The molecule has 15 heteroatoms. The van der Waals surface area contributed by atoms with Crippen molar-refractivity contribution in [2.24, 2.45) is 0 Å². The van der Waals surface area contributed by atoms with Crippen LogP contribution in [0.3, 0.4) is 0 Å². The number of hydrogen-bond acceptors (Lipinski definition) is 6. The van der Waals surface area contributed by atoms with Crippen LogP contribution in [0.5, 0.6) is 5.75 Å². The number of likely N-dealkylation sites (tertiary alicyclic amines) is 1. The third kappa shape index (κ3) is 9.27. The molecular formula is C34H39F4N5O6. The number of methoxy groups -OCH3 is 1. The number of alkyl halides is 4. The lowest BCUT2D eigenvalue weighted by Gasteiger charge is -2.34. The highest BCUT2D eigenvalue weighted by Crippen LogP contribution is 2.33. The maximum absolute atomic E-state index is 14.9. The molecule has 11 nitrogen and oxygen atoms in total. The lowest BCUT2D eigenvalue weighted by Crippen LogP contribution is -2.49. The van der Waals surface area contributed by atoms with E-state index in [-0.39, 0.29) is 60.2 Å². The highest BCUT2D eigenvalue weighted by Gasteiger charge is 2.33. The molecule has 3 aromatic rings. The van der Waals surface area contributed by atoms with Gasteiger partial charge in [0.25, 0.3) is 5.91 Å². The number of carboxylic acid groups (broad SMARTS) is 1. The number of halogens is 4. The summed E-state index contributed by atoms with van der Waals surface area (Å²) in [5, 5.41) is 15.3. The van der Waals surface area contributed by atoms with E-state index in [4.69, 9.17) is 9.47 Å². The number of ether oxygens (including phenoxy) is 2. The van der Waals surface area contributed by atoms with E-state index in [1.165, 1.54) is 43.5 Å². The van der Waals surface area contributed by atoms with Gasteiger partial charge in [-0.1, -0.05) is 12.0 Å². The number of amides is 3. The van der Waals surface area contributed by atoms with Crippen molar-refractivity contribution in [2.45, 2.75) is 64.7 Å². The van der Waals surface area contributed by atoms with E-state index in [1.54, 1.807) is 33.8 Å². The first-order chi connectivity index (χ1) is 23.0. The number of hydrogen-bond donors (Lipinski definition) is 3. The van der Waals surface area contributed by atoms with Crippen molar-refractivity contribution in [1.82, 2.24) is 14.8 Å². The molecule has 4 rings (SSSR count). The highest BCUT2D eigenvalue weighted by atomic mass is 19.4. The van der Waals surface area contributed by atoms with Crippen LogP contribution >= 0.6 is 0 Å². The molecule has 49 heavy (non-hydrogen) atoms. The zero-order valence-corrected chi connectivity index (χ0v) is 27.8. The molecule has 0 bridgehead atoms. The number of rotatable bonds is 8. The van der Waals surface area contributed by atoms with Gasteiger partial charge in [-0.3, -0.25) is 9.69 Å². The van der Waals surface area contributed by atoms with Gasteiger partial charge in [0.1, 0.15) is 24.1 Å². The lowest BCUT2D eigenvalue weighted by molar-refractivity contribution is -0.140. The summed E-state index contributed by atoms with van der Waals surface area (Å²) in [5.74, 6) is 5.38. The number of anilines is 2. The van der Waals surface area contributed by atoms with E-state index in [1.807, 2.05) is 0 Å². The van der Waals surface area contributed by atoms with Crippen molar-refractivity contribution in [3.8, 4) is 17.6 Å². The second-order valence-corrected chi connectivity index (χ2v) is 12.4. The molecule has 1 aliphatic rings. The Balaban J connectivity index is 1.72. The van der Waals surface area contributed by atoms with E-state index in [2.05, 4.69) is 22.5 Å². The van der Waals surface area contributed by atoms with Gasteiger partial charge in [-0.15, -0.1) is 0 Å².